The zero-order chi connectivity index (χ0) is 21.3. The molecule has 8 heteroatoms. The molecule has 3 aromatic rings. The number of thioether (sulfide) groups is 1. The SMILES string of the molecule is O=C(Nc1cccc(SCN2C(=O)c3ccccc3C2=O)c1)c1ccc(Cl)cc1Cl. The van der Waals surface area contributed by atoms with Gasteiger partial charge in [0.2, 0.25) is 0 Å². The number of carbonyl (C=O) groups is 3. The Morgan fingerprint density at radius 3 is 2.27 bits per heavy atom. The Balaban J connectivity index is 1.44. The Hall–Kier alpha value is -2.80. The molecule has 0 spiro atoms. The summed E-state index contributed by atoms with van der Waals surface area (Å²) in [5, 5.41) is 3.50. The van der Waals surface area contributed by atoms with Crippen molar-refractivity contribution in [3.05, 3.63) is 93.5 Å². The van der Waals surface area contributed by atoms with Crippen LogP contribution in [0.3, 0.4) is 0 Å². The minimum absolute atomic E-state index is 0.173. The third-order valence-corrected chi connectivity index (χ3v) is 6.03. The molecule has 3 aromatic carbocycles. The molecule has 0 aliphatic carbocycles. The maximum Gasteiger partial charge on any atom is 0.262 e. The lowest BCUT2D eigenvalue weighted by Gasteiger charge is -2.14. The van der Waals surface area contributed by atoms with Crippen molar-refractivity contribution in [2.75, 3.05) is 11.2 Å². The smallest absolute Gasteiger partial charge is 0.262 e. The van der Waals surface area contributed by atoms with Gasteiger partial charge in [0.25, 0.3) is 17.7 Å². The fourth-order valence-corrected chi connectivity index (χ4v) is 4.42. The number of amides is 3. The largest absolute Gasteiger partial charge is 0.322 e. The summed E-state index contributed by atoms with van der Waals surface area (Å²) in [4.78, 5) is 39.4. The minimum atomic E-state index is -0.362. The fraction of sp³-hybridized carbons (Fsp3) is 0.0455. The van der Waals surface area contributed by atoms with E-state index in [2.05, 4.69) is 5.32 Å². The predicted molar refractivity (Wildman–Crippen MR) is 119 cm³/mol. The number of rotatable bonds is 5. The van der Waals surface area contributed by atoms with Crippen LogP contribution >= 0.6 is 35.0 Å². The van der Waals surface area contributed by atoms with E-state index in [4.69, 9.17) is 23.2 Å². The molecular formula is C22H14Cl2N2O3S. The van der Waals surface area contributed by atoms with Crippen LogP contribution < -0.4 is 5.32 Å². The number of carbonyl (C=O) groups excluding carboxylic acids is 3. The molecule has 150 valence electrons. The highest BCUT2D eigenvalue weighted by atomic mass is 35.5. The molecule has 0 atom stereocenters. The molecule has 1 heterocycles. The summed E-state index contributed by atoms with van der Waals surface area (Å²) in [5.41, 5.74) is 1.72. The normalized spacial score (nSPS) is 12.8. The van der Waals surface area contributed by atoms with Gasteiger partial charge < -0.3 is 5.32 Å². The molecule has 1 N–H and O–H groups in total. The van der Waals surface area contributed by atoms with Crippen molar-refractivity contribution in [3.63, 3.8) is 0 Å². The van der Waals surface area contributed by atoms with E-state index in [0.717, 1.165) is 4.90 Å². The van der Waals surface area contributed by atoms with Crippen molar-refractivity contribution in [1.29, 1.82) is 0 Å². The molecule has 3 amide bonds. The fourth-order valence-electron chi connectivity index (χ4n) is 3.03. The maximum atomic E-state index is 12.5. The molecule has 1 aliphatic rings. The van der Waals surface area contributed by atoms with Gasteiger partial charge in [0.15, 0.2) is 0 Å². The lowest BCUT2D eigenvalue weighted by Crippen LogP contribution is -2.29. The average Bonchev–Trinajstić information content (AvgIpc) is 2.97. The summed E-state index contributed by atoms with van der Waals surface area (Å²) in [6.45, 7) is 0. The van der Waals surface area contributed by atoms with Crippen molar-refractivity contribution in [3.8, 4) is 0 Å². The van der Waals surface area contributed by atoms with Crippen molar-refractivity contribution in [2.45, 2.75) is 4.90 Å². The molecular weight excluding hydrogens is 443 g/mol. The van der Waals surface area contributed by atoms with Gasteiger partial charge >= 0.3 is 0 Å². The van der Waals surface area contributed by atoms with Gasteiger partial charge in [-0.1, -0.05) is 41.4 Å². The summed E-state index contributed by atoms with van der Waals surface area (Å²) >= 11 is 13.3. The molecule has 0 saturated carbocycles. The molecule has 0 bridgehead atoms. The summed E-state index contributed by atoms with van der Waals surface area (Å²) < 4.78 is 0. The Morgan fingerprint density at radius 1 is 0.900 bits per heavy atom. The van der Waals surface area contributed by atoms with Gasteiger partial charge in [0.1, 0.15) is 0 Å². The maximum absolute atomic E-state index is 12.5. The van der Waals surface area contributed by atoms with Gasteiger partial charge in [-0.15, -0.1) is 11.8 Å². The van der Waals surface area contributed by atoms with Crippen LogP contribution in [0.2, 0.25) is 10.0 Å². The van der Waals surface area contributed by atoms with Gasteiger partial charge in [-0.25, -0.2) is 0 Å². The Kier molecular flexibility index (Phi) is 5.81. The van der Waals surface area contributed by atoms with Crippen LogP contribution in [0, 0.1) is 0 Å². The standard InChI is InChI=1S/C22H14Cl2N2O3S/c23-13-8-9-18(19(24)10-13)20(27)25-14-4-3-5-15(11-14)30-12-26-21(28)16-6-1-2-7-17(16)22(26)29/h1-11H,12H2,(H,25,27). The van der Waals surface area contributed by atoms with Gasteiger partial charge in [0, 0.05) is 15.6 Å². The van der Waals surface area contributed by atoms with E-state index in [1.54, 1.807) is 54.6 Å². The number of anilines is 1. The first-order valence-corrected chi connectivity index (χ1v) is 10.6. The lowest BCUT2D eigenvalue weighted by atomic mass is 10.1. The van der Waals surface area contributed by atoms with Gasteiger partial charge in [-0.3, -0.25) is 19.3 Å². The predicted octanol–water partition coefficient (Wildman–Crippen LogP) is 5.59. The molecule has 1 aliphatic heterocycles. The number of fused-ring (bicyclic) bond motifs is 1. The van der Waals surface area contributed by atoms with E-state index in [0.29, 0.717) is 27.4 Å². The van der Waals surface area contributed by atoms with E-state index in [1.165, 1.54) is 22.7 Å². The van der Waals surface area contributed by atoms with E-state index in [9.17, 15) is 14.4 Å². The first kappa shape index (κ1) is 20.5. The number of nitrogens with zero attached hydrogens (tertiary/aromatic N) is 1. The quantitative estimate of drug-likeness (QED) is 0.401. The van der Waals surface area contributed by atoms with Crippen LogP contribution in [-0.4, -0.2) is 28.5 Å². The van der Waals surface area contributed by atoms with Crippen LogP contribution in [0.4, 0.5) is 5.69 Å². The van der Waals surface area contributed by atoms with Crippen molar-refractivity contribution >= 4 is 58.4 Å². The van der Waals surface area contributed by atoms with Crippen molar-refractivity contribution in [1.82, 2.24) is 4.90 Å². The molecule has 0 unspecified atom stereocenters. The molecule has 4 rings (SSSR count). The summed E-state index contributed by atoms with van der Waals surface area (Å²) in [6.07, 6.45) is 0. The molecule has 0 aromatic heterocycles. The first-order chi connectivity index (χ1) is 14.4. The Labute approximate surface area is 187 Å². The monoisotopic (exact) mass is 456 g/mol. The first-order valence-electron chi connectivity index (χ1n) is 8.88. The number of benzene rings is 3. The highest BCUT2D eigenvalue weighted by Crippen LogP contribution is 2.29. The highest BCUT2D eigenvalue weighted by molar-refractivity contribution is 7.99. The van der Waals surface area contributed by atoms with Crippen LogP contribution in [-0.2, 0) is 0 Å². The Morgan fingerprint density at radius 2 is 1.60 bits per heavy atom. The summed E-state index contributed by atoms with van der Waals surface area (Å²) in [7, 11) is 0. The molecule has 0 saturated heterocycles. The van der Waals surface area contributed by atoms with Gasteiger partial charge in [0.05, 0.1) is 27.6 Å². The second-order valence-electron chi connectivity index (χ2n) is 6.46. The van der Waals surface area contributed by atoms with Crippen molar-refractivity contribution < 1.29 is 14.4 Å². The molecule has 30 heavy (non-hydrogen) atoms. The van der Waals surface area contributed by atoms with Crippen LogP contribution in [0.5, 0.6) is 0 Å². The summed E-state index contributed by atoms with van der Waals surface area (Å²) in [5.74, 6) is -0.790. The number of hydrogen-bond acceptors (Lipinski definition) is 4. The molecule has 0 radical (unpaired) electrons. The van der Waals surface area contributed by atoms with E-state index in [-0.39, 0.29) is 28.6 Å². The number of imide groups is 1. The topological polar surface area (TPSA) is 66.5 Å². The Bertz CT molecular complexity index is 1150. The van der Waals surface area contributed by atoms with E-state index >= 15 is 0 Å². The molecule has 5 nitrogen and oxygen atoms in total. The van der Waals surface area contributed by atoms with Crippen molar-refractivity contribution in [2.24, 2.45) is 0 Å². The van der Waals surface area contributed by atoms with Crippen LogP contribution in [0.15, 0.2) is 71.6 Å². The lowest BCUT2D eigenvalue weighted by molar-refractivity contribution is 0.0683. The van der Waals surface area contributed by atoms with Crippen LogP contribution in [0.1, 0.15) is 31.1 Å². The number of halogens is 2. The average molecular weight is 457 g/mol. The van der Waals surface area contributed by atoms with Gasteiger partial charge in [-0.05, 0) is 48.5 Å². The molecule has 0 fully saturated rings. The van der Waals surface area contributed by atoms with Crippen LogP contribution in [0.25, 0.3) is 0 Å². The minimum Gasteiger partial charge on any atom is -0.322 e. The highest BCUT2D eigenvalue weighted by Gasteiger charge is 2.34. The van der Waals surface area contributed by atoms with E-state index < -0.39 is 0 Å². The van der Waals surface area contributed by atoms with Gasteiger partial charge in [-0.2, -0.15) is 0 Å². The third kappa shape index (κ3) is 4.07. The second-order valence-corrected chi connectivity index (χ2v) is 8.33. The zero-order valence-corrected chi connectivity index (χ0v) is 17.7. The number of hydrogen-bond donors (Lipinski definition) is 1. The third-order valence-electron chi connectivity index (χ3n) is 4.51. The van der Waals surface area contributed by atoms with E-state index in [1.807, 2.05) is 6.07 Å². The summed E-state index contributed by atoms with van der Waals surface area (Å²) in [6, 6.07) is 18.6. The number of nitrogens with one attached hydrogen (secondary N) is 1. The zero-order valence-electron chi connectivity index (χ0n) is 15.4. The second kappa shape index (κ2) is 8.52.